The largest absolute Gasteiger partial charge is 0.424 e. The normalized spacial score (nSPS) is 9.60. The Morgan fingerprint density at radius 1 is 1.20 bits per heavy atom. The minimum atomic E-state index is 0.486. The molecular formula is C2OS2. The summed E-state index contributed by atoms with van der Waals surface area (Å²) < 4.78 is 5.35. The minimum absolute atomic E-state index is 0.486. The molecule has 1 nitrogen and oxygen atoms in total. The van der Waals surface area contributed by atoms with E-state index in [-0.39, 0.29) is 0 Å². The third-order valence-corrected chi connectivity index (χ3v) is 0.977. The molecule has 0 bridgehead atoms. The van der Waals surface area contributed by atoms with E-state index in [1.165, 1.54) is 0 Å². The van der Waals surface area contributed by atoms with Crippen LogP contribution in [0.5, 0.6) is 0 Å². The summed E-state index contributed by atoms with van der Waals surface area (Å²) in [5.41, 5.74) is 0. The monoisotopic (exact) mass is 104 g/mol. The molecule has 26 valence electrons. The molecule has 0 aliphatic heterocycles. The molecule has 5 heavy (non-hydrogen) atoms. The van der Waals surface area contributed by atoms with Crippen molar-refractivity contribution in [2.24, 2.45) is 0 Å². The van der Waals surface area contributed by atoms with E-state index in [0.29, 0.717) is 9.41 Å². The van der Waals surface area contributed by atoms with E-state index >= 15 is 0 Å². The molecular weight excluding hydrogens is 104 g/mol. The van der Waals surface area contributed by atoms with Crippen LogP contribution in [0.25, 0.3) is 0 Å². The van der Waals surface area contributed by atoms with E-state index in [9.17, 15) is 0 Å². The highest BCUT2D eigenvalue weighted by molar-refractivity contribution is 7.74. The standard InChI is InChI=1S/C2OS2/c4-1-2(5)3-1. The second-order valence-corrected chi connectivity index (χ2v) is 1.42. The van der Waals surface area contributed by atoms with Crippen molar-refractivity contribution in [1.29, 1.82) is 0 Å². The van der Waals surface area contributed by atoms with Gasteiger partial charge in [-0.15, -0.1) is 0 Å². The van der Waals surface area contributed by atoms with Crippen molar-refractivity contribution in [3.05, 3.63) is 9.41 Å². The van der Waals surface area contributed by atoms with Crippen LogP contribution in [0.15, 0.2) is 4.42 Å². The lowest BCUT2D eigenvalue weighted by Crippen LogP contribution is -1.03. The predicted octanol–water partition coefficient (Wildman–Crippen LogP) is 1.61. The summed E-state index contributed by atoms with van der Waals surface area (Å²) in [6, 6.07) is 0. The van der Waals surface area contributed by atoms with Crippen molar-refractivity contribution >= 4 is 24.4 Å². The van der Waals surface area contributed by atoms with Gasteiger partial charge in [0.2, 0.25) is 9.41 Å². The molecule has 0 radical (unpaired) electrons. The minimum Gasteiger partial charge on any atom is -0.424 e. The van der Waals surface area contributed by atoms with E-state index in [1.54, 1.807) is 0 Å². The fourth-order valence-electron chi connectivity index (χ4n) is 0.0587. The molecule has 0 unspecified atom stereocenters. The van der Waals surface area contributed by atoms with Gasteiger partial charge < -0.3 is 4.42 Å². The molecule has 0 aromatic carbocycles. The maximum atomic E-state index is 4.41. The Balaban J connectivity index is 3.70. The lowest BCUT2D eigenvalue weighted by Gasteiger charge is -1.17. The fourth-order valence-corrected chi connectivity index (χ4v) is 0.278. The van der Waals surface area contributed by atoms with Crippen LogP contribution < -0.4 is 0 Å². The van der Waals surface area contributed by atoms with Crippen LogP contribution in [0.4, 0.5) is 0 Å². The predicted molar refractivity (Wildman–Crippen MR) is 22.7 cm³/mol. The van der Waals surface area contributed by atoms with Crippen molar-refractivity contribution in [1.82, 2.24) is 0 Å². The Hall–Kier alpha value is -0.0200. The summed E-state index contributed by atoms with van der Waals surface area (Å²) in [5.74, 6) is 0. The molecule has 1 aromatic heterocycles. The van der Waals surface area contributed by atoms with Crippen LogP contribution in [-0.4, -0.2) is 0 Å². The summed E-state index contributed by atoms with van der Waals surface area (Å²) in [5, 5.41) is 0. The quantitative estimate of drug-likeness (QED) is 0.464. The molecule has 0 aliphatic rings. The Kier molecular flexibility index (Phi) is 0.461. The molecule has 0 amide bonds. The van der Waals surface area contributed by atoms with Crippen LogP contribution in [0.3, 0.4) is 0 Å². The highest BCUT2D eigenvalue weighted by atomic mass is 32.1. The molecule has 1 aromatic rings. The Bertz CT molecular complexity index is 158. The van der Waals surface area contributed by atoms with Gasteiger partial charge in [0.1, 0.15) is 0 Å². The van der Waals surface area contributed by atoms with Crippen molar-refractivity contribution in [2.75, 3.05) is 0 Å². The molecule has 0 spiro atoms. The third kappa shape index (κ3) is 0.436. The highest BCUT2D eigenvalue weighted by Crippen LogP contribution is 2.00. The van der Waals surface area contributed by atoms with Gasteiger partial charge in [-0.3, -0.25) is 0 Å². The van der Waals surface area contributed by atoms with Crippen molar-refractivity contribution in [2.45, 2.75) is 0 Å². The zero-order valence-corrected chi connectivity index (χ0v) is 3.86. The van der Waals surface area contributed by atoms with Gasteiger partial charge in [0.25, 0.3) is 0 Å². The molecule has 0 saturated carbocycles. The summed E-state index contributed by atoms with van der Waals surface area (Å²) in [4.78, 5) is 0. The lowest BCUT2D eigenvalue weighted by atomic mass is 11.2. The van der Waals surface area contributed by atoms with Crippen LogP contribution in [0, 0.1) is 9.41 Å². The maximum absolute atomic E-state index is 4.41. The fraction of sp³-hybridized carbons (Fsp3) is 0. The SMILES string of the molecule is S=c1oc1=S. The van der Waals surface area contributed by atoms with E-state index in [2.05, 4.69) is 28.9 Å². The smallest absolute Gasteiger partial charge is 0.246 e. The van der Waals surface area contributed by atoms with Gasteiger partial charge in [-0.25, -0.2) is 0 Å². The van der Waals surface area contributed by atoms with E-state index < -0.39 is 0 Å². The van der Waals surface area contributed by atoms with Gasteiger partial charge in [-0.1, -0.05) is 0 Å². The number of rotatable bonds is 0. The van der Waals surface area contributed by atoms with Gasteiger partial charge in [-0.05, 0) is 24.4 Å². The maximum Gasteiger partial charge on any atom is 0.246 e. The van der Waals surface area contributed by atoms with Crippen molar-refractivity contribution in [3.63, 3.8) is 0 Å². The summed E-state index contributed by atoms with van der Waals surface area (Å²) in [6.45, 7) is 0. The molecule has 0 saturated heterocycles. The molecule has 1 rings (SSSR count). The Labute approximate surface area is 38.9 Å². The average Bonchev–Trinajstić information content (AvgIpc) is 1.79. The first kappa shape index (κ1) is 3.18. The first-order valence-electron chi connectivity index (χ1n) is 1.07. The second kappa shape index (κ2) is 0.725. The van der Waals surface area contributed by atoms with Crippen LogP contribution >= 0.6 is 24.4 Å². The summed E-state index contributed by atoms with van der Waals surface area (Å²) >= 11 is 8.81. The van der Waals surface area contributed by atoms with Crippen molar-refractivity contribution < 1.29 is 4.42 Å². The van der Waals surface area contributed by atoms with E-state index in [1.807, 2.05) is 0 Å². The molecule has 1 heterocycles. The average molecular weight is 104 g/mol. The first-order valence-corrected chi connectivity index (χ1v) is 1.88. The molecule has 0 atom stereocenters. The Morgan fingerprint density at radius 2 is 1.40 bits per heavy atom. The van der Waals surface area contributed by atoms with Crippen molar-refractivity contribution in [3.8, 4) is 0 Å². The molecule has 0 N–H and O–H groups in total. The van der Waals surface area contributed by atoms with Crippen LogP contribution in [-0.2, 0) is 0 Å². The van der Waals surface area contributed by atoms with Gasteiger partial charge in [-0.2, -0.15) is 0 Å². The molecule has 0 aliphatic carbocycles. The van der Waals surface area contributed by atoms with Gasteiger partial charge >= 0.3 is 0 Å². The third-order valence-electron chi connectivity index (χ3n) is 0.310. The summed E-state index contributed by atoms with van der Waals surface area (Å²) in [6.07, 6.45) is 0. The van der Waals surface area contributed by atoms with Crippen LogP contribution in [0.2, 0.25) is 0 Å². The van der Waals surface area contributed by atoms with Crippen LogP contribution in [0.1, 0.15) is 0 Å². The molecule has 0 fully saturated rings. The second-order valence-electron chi connectivity index (χ2n) is 0.677. The Morgan fingerprint density at radius 3 is 1.40 bits per heavy atom. The van der Waals surface area contributed by atoms with Gasteiger partial charge in [0, 0.05) is 0 Å². The highest BCUT2D eigenvalue weighted by Gasteiger charge is 1.90. The lowest BCUT2D eigenvalue weighted by molar-refractivity contribution is 0.677. The van der Waals surface area contributed by atoms with E-state index in [0.717, 1.165) is 0 Å². The van der Waals surface area contributed by atoms with E-state index in [4.69, 9.17) is 0 Å². The first-order chi connectivity index (χ1) is 2.30. The topological polar surface area (TPSA) is 13.1 Å². The molecule has 3 heteroatoms. The summed E-state index contributed by atoms with van der Waals surface area (Å²) in [7, 11) is 0. The van der Waals surface area contributed by atoms with Gasteiger partial charge in [0.05, 0.1) is 0 Å². The number of hydrogen-bond donors (Lipinski definition) is 0. The van der Waals surface area contributed by atoms with Gasteiger partial charge in [0.15, 0.2) is 0 Å². The zero-order valence-electron chi connectivity index (χ0n) is 2.22. The zero-order chi connectivity index (χ0) is 3.86. The number of hydrogen-bond acceptors (Lipinski definition) is 3.